The van der Waals surface area contributed by atoms with Crippen molar-refractivity contribution in [3.63, 3.8) is 0 Å². The fourth-order valence-corrected chi connectivity index (χ4v) is 1.36. The minimum absolute atomic E-state index is 0.0126. The van der Waals surface area contributed by atoms with Crippen molar-refractivity contribution >= 4 is 22.8 Å². The van der Waals surface area contributed by atoms with Crippen LogP contribution in [0.2, 0.25) is 0 Å². The van der Waals surface area contributed by atoms with Gasteiger partial charge in [0.15, 0.2) is 5.17 Å². The summed E-state index contributed by atoms with van der Waals surface area (Å²) in [5.74, 6) is 1.04. The fourth-order valence-electron chi connectivity index (χ4n) is 0.622. The highest BCUT2D eigenvalue weighted by Gasteiger charge is 2.11. The number of amidine groups is 1. The molecule has 1 N–H and O–H groups in total. The SMILES string of the molecule is CCCSC1=NCC(=O)N1. The van der Waals surface area contributed by atoms with Crippen molar-refractivity contribution in [3.05, 3.63) is 0 Å². The summed E-state index contributed by atoms with van der Waals surface area (Å²) in [6, 6.07) is 0. The minimum atomic E-state index is 0.0126. The van der Waals surface area contributed by atoms with Gasteiger partial charge in [-0.2, -0.15) is 0 Å². The standard InChI is InChI=1S/C6H10N2OS/c1-2-3-10-6-7-4-5(9)8-6/h2-4H2,1H3,(H,7,8,9). The molecule has 1 amide bonds. The summed E-state index contributed by atoms with van der Waals surface area (Å²) < 4.78 is 0. The van der Waals surface area contributed by atoms with E-state index in [0.717, 1.165) is 17.3 Å². The van der Waals surface area contributed by atoms with Crippen molar-refractivity contribution in [2.75, 3.05) is 12.3 Å². The van der Waals surface area contributed by atoms with Crippen LogP contribution in [-0.4, -0.2) is 23.4 Å². The maximum absolute atomic E-state index is 10.6. The Morgan fingerprint density at radius 2 is 2.60 bits per heavy atom. The van der Waals surface area contributed by atoms with Gasteiger partial charge in [-0.1, -0.05) is 18.7 Å². The molecule has 1 rings (SSSR count). The molecule has 0 spiro atoms. The normalized spacial score (nSPS) is 16.9. The van der Waals surface area contributed by atoms with Crippen molar-refractivity contribution in [1.29, 1.82) is 0 Å². The van der Waals surface area contributed by atoms with Gasteiger partial charge >= 0.3 is 0 Å². The van der Waals surface area contributed by atoms with E-state index in [9.17, 15) is 4.79 Å². The molecule has 3 nitrogen and oxygen atoms in total. The highest BCUT2D eigenvalue weighted by Crippen LogP contribution is 2.06. The zero-order valence-corrected chi connectivity index (χ0v) is 6.70. The van der Waals surface area contributed by atoms with Crippen molar-refractivity contribution in [3.8, 4) is 0 Å². The molecule has 1 aliphatic heterocycles. The topological polar surface area (TPSA) is 41.5 Å². The minimum Gasteiger partial charge on any atom is -0.304 e. The zero-order chi connectivity index (χ0) is 7.40. The predicted octanol–water partition coefficient (Wildman–Crippen LogP) is 0.615. The quantitative estimate of drug-likeness (QED) is 0.640. The number of hydrogen-bond donors (Lipinski definition) is 1. The number of amides is 1. The van der Waals surface area contributed by atoms with Gasteiger partial charge in [-0.15, -0.1) is 0 Å². The van der Waals surface area contributed by atoms with Gasteiger partial charge in [-0.3, -0.25) is 9.79 Å². The van der Waals surface area contributed by atoms with E-state index >= 15 is 0 Å². The molecule has 0 aromatic heterocycles. The molecule has 0 aromatic carbocycles. The fraction of sp³-hybridized carbons (Fsp3) is 0.667. The van der Waals surface area contributed by atoms with E-state index < -0.39 is 0 Å². The summed E-state index contributed by atoms with van der Waals surface area (Å²) in [6.45, 7) is 2.41. The Labute approximate surface area is 64.3 Å². The Bertz CT molecular complexity index is 167. The molecule has 0 aromatic rings. The summed E-state index contributed by atoms with van der Waals surface area (Å²) in [7, 11) is 0. The number of carbonyl (C=O) groups is 1. The lowest BCUT2D eigenvalue weighted by Crippen LogP contribution is -2.22. The van der Waals surface area contributed by atoms with E-state index in [1.165, 1.54) is 0 Å². The molecule has 0 fully saturated rings. The third kappa shape index (κ3) is 2.02. The molecule has 4 heteroatoms. The van der Waals surface area contributed by atoms with Gasteiger partial charge in [0.05, 0.1) is 0 Å². The van der Waals surface area contributed by atoms with Crippen molar-refractivity contribution in [2.45, 2.75) is 13.3 Å². The highest BCUT2D eigenvalue weighted by atomic mass is 32.2. The third-order valence-electron chi connectivity index (χ3n) is 1.06. The van der Waals surface area contributed by atoms with Crippen LogP contribution in [0.3, 0.4) is 0 Å². The Balaban J connectivity index is 2.23. The molecule has 0 saturated heterocycles. The summed E-state index contributed by atoms with van der Waals surface area (Å²) in [5, 5.41) is 3.45. The molecule has 0 unspecified atom stereocenters. The monoisotopic (exact) mass is 158 g/mol. The van der Waals surface area contributed by atoms with E-state index in [4.69, 9.17) is 0 Å². The van der Waals surface area contributed by atoms with Gasteiger partial charge in [-0.05, 0) is 6.42 Å². The molecule has 0 radical (unpaired) electrons. The molecular formula is C6H10N2OS. The Morgan fingerprint density at radius 1 is 1.80 bits per heavy atom. The Hall–Kier alpha value is -0.510. The predicted molar refractivity (Wildman–Crippen MR) is 43.2 cm³/mol. The molecular weight excluding hydrogens is 148 g/mol. The smallest absolute Gasteiger partial charge is 0.247 e. The largest absolute Gasteiger partial charge is 0.304 e. The van der Waals surface area contributed by atoms with Crippen LogP contribution in [0.15, 0.2) is 4.99 Å². The number of aliphatic imine (C=N–C) groups is 1. The number of carbonyl (C=O) groups excluding carboxylic acids is 1. The first kappa shape index (κ1) is 7.60. The lowest BCUT2D eigenvalue weighted by atomic mass is 10.6. The van der Waals surface area contributed by atoms with Crippen LogP contribution >= 0.6 is 11.8 Å². The summed E-state index contributed by atoms with van der Waals surface area (Å²) in [5.41, 5.74) is 0. The van der Waals surface area contributed by atoms with Gasteiger partial charge in [0.25, 0.3) is 0 Å². The number of rotatable bonds is 2. The average molecular weight is 158 g/mol. The van der Waals surface area contributed by atoms with Crippen LogP contribution in [0, 0.1) is 0 Å². The second-order valence-corrected chi connectivity index (χ2v) is 3.10. The summed E-state index contributed by atoms with van der Waals surface area (Å²) in [6.07, 6.45) is 1.11. The summed E-state index contributed by atoms with van der Waals surface area (Å²) >= 11 is 1.61. The van der Waals surface area contributed by atoms with Gasteiger partial charge in [-0.25, -0.2) is 0 Å². The van der Waals surface area contributed by atoms with Crippen molar-refractivity contribution in [1.82, 2.24) is 5.32 Å². The van der Waals surface area contributed by atoms with E-state index in [2.05, 4.69) is 17.2 Å². The van der Waals surface area contributed by atoms with E-state index in [1.54, 1.807) is 11.8 Å². The molecule has 56 valence electrons. The Kier molecular flexibility index (Phi) is 2.74. The number of hydrogen-bond acceptors (Lipinski definition) is 3. The molecule has 1 aliphatic rings. The van der Waals surface area contributed by atoms with E-state index in [0.29, 0.717) is 6.54 Å². The van der Waals surface area contributed by atoms with E-state index in [-0.39, 0.29) is 5.91 Å². The molecule has 0 saturated carbocycles. The third-order valence-corrected chi connectivity index (χ3v) is 2.17. The average Bonchev–Trinajstić information content (AvgIpc) is 2.31. The Morgan fingerprint density at radius 3 is 3.10 bits per heavy atom. The van der Waals surface area contributed by atoms with Crippen LogP contribution in [0.25, 0.3) is 0 Å². The molecule has 1 heterocycles. The number of thioether (sulfide) groups is 1. The second-order valence-electron chi connectivity index (χ2n) is 2.02. The van der Waals surface area contributed by atoms with Crippen molar-refractivity contribution in [2.24, 2.45) is 4.99 Å². The molecule has 10 heavy (non-hydrogen) atoms. The van der Waals surface area contributed by atoms with Crippen LogP contribution in [0.4, 0.5) is 0 Å². The molecule has 0 bridgehead atoms. The van der Waals surface area contributed by atoms with Crippen LogP contribution in [-0.2, 0) is 4.79 Å². The first-order valence-electron chi connectivity index (χ1n) is 3.30. The lowest BCUT2D eigenvalue weighted by Gasteiger charge is -1.96. The van der Waals surface area contributed by atoms with Gasteiger partial charge in [0.2, 0.25) is 5.91 Å². The van der Waals surface area contributed by atoms with Gasteiger partial charge in [0.1, 0.15) is 6.54 Å². The molecule has 0 aliphatic carbocycles. The van der Waals surface area contributed by atoms with E-state index in [1.807, 2.05) is 0 Å². The van der Waals surface area contributed by atoms with Crippen LogP contribution in [0.5, 0.6) is 0 Å². The van der Waals surface area contributed by atoms with Crippen LogP contribution < -0.4 is 5.32 Å². The summed E-state index contributed by atoms with van der Waals surface area (Å²) in [4.78, 5) is 14.6. The highest BCUT2D eigenvalue weighted by molar-refractivity contribution is 8.13. The first-order valence-corrected chi connectivity index (χ1v) is 4.28. The number of nitrogens with one attached hydrogen (secondary N) is 1. The maximum Gasteiger partial charge on any atom is 0.247 e. The first-order chi connectivity index (χ1) is 4.83. The number of nitrogens with zero attached hydrogens (tertiary/aromatic N) is 1. The maximum atomic E-state index is 10.6. The zero-order valence-electron chi connectivity index (χ0n) is 5.89. The van der Waals surface area contributed by atoms with Gasteiger partial charge in [0, 0.05) is 5.75 Å². The van der Waals surface area contributed by atoms with Crippen LogP contribution in [0.1, 0.15) is 13.3 Å². The second kappa shape index (κ2) is 3.61. The van der Waals surface area contributed by atoms with Crippen molar-refractivity contribution < 1.29 is 4.79 Å². The lowest BCUT2D eigenvalue weighted by molar-refractivity contribution is -0.117. The molecule has 0 atom stereocenters. The van der Waals surface area contributed by atoms with Gasteiger partial charge < -0.3 is 5.32 Å².